The molecule has 2 N–H and O–H groups in total. The van der Waals surface area contributed by atoms with Gasteiger partial charge in [-0.15, -0.1) is 0 Å². The van der Waals surface area contributed by atoms with Gasteiger partial charge in [0.25, 0.3) is 5.91 Å². The standard InChI is InChI=1S/C29H30ClN5O3S/c1-29(2,38-27(31)37)12-18-14-34(15-18)28-33-26(36)25(39-28)10-17-3-8-24-21(9-17)13-32-35(24)16-20-6-7-22(30)11-23(20)19-4-5-19/h3,6-11,13,18-19H,4-5,12,14-16H2,1-2H3,(H2,31,37). The number of amides is 2. The van der Waals surface area contributed by atoms with Crippen molar-refractivity contribution in [3.8, 4) is 0 Å². The van der Waals surface area contributed by atoms with Crippen molar-refractivity contribution >= 4 is 57.5 Å². The number of aromatic nitrogens is 2. The molecule has 1 aliphatic carbocycles. The molecule has 39 heavy (non-hydrogen) atoms. The van der Waals surface area contributed by atoms with E-state index in [2.05, 4.69) is 39.3 Å². The van der Waals surface area contributed by atoms with E-state index in [1.807, 2.05) is 42.9 Å². The lowest BCUT2D eigenvalue weighted by molar-refractivity contribution is -0.113. The summed E-state index contributed by atoms with van der Waals surface area (Å²) in [6, 6.07) is 12.3. The number of amidine groups is 1. The second-order valence-electron chi connectivity index (χ2n) is 11.2. The molecule has 10 heteroatoms. The van der Waals surface area contributed by atoms with Crippen LogP contribution in [0.3, 0.4) is 0 Å². The largest absolute Gasteiger partial charge is 0.444 e. The summed E-state index contributed by atoms with van der Waals surface area (Å²) in [4.78, 5) is 30.7. The minimum Gasteiger partial charge on any atom is -0.444 e. The van der Waals surface area contributed by atoms with Gasteiger partial charge in [-0.25, -0.2) is 4.79 Å². The molecular formula is C29H30ClN5O3S. The van der Waals surface area contributed by atoms with Crippen LogP contribution >= 0.6 is 23.4 Å². The molecule has 0 bridgehead atoms. The van der Waals surface area contributed by atoms with Crippen LogP contribution in [0.4, 0.5) is 4.79 Å². The zero-order valence-corrected chi connectivity index (χ0v) is 23.5. The van der Waals surface area contributed by atoms with Crippen LogP contribution in [-0.2, 0) is 16.1 Å². The molecule has 6 rings (SSSR count). The van der Waals surface area contributed by atoms with Gasteiger partial charge in [-0.3, -0.25) is 9.48 Å². The fraction of sp³-hybridized carbons (Fsp3) is 0.379. The first-order valence-electron chi connectivity index (χ1n) is 13.1. The van der Waals surface area contributed by atoms with Crippen LogP contribution < -0.4 is 5.73 Å². The Morgan fingerprint density at radius 3 is 2.77 bits per heavy atom. The van der Waals surface area contributed by atoms with Crippen molar-refractivity contribution in [1.29, 1.82) is 0 Å². The summed E-state index contributed by atoms with van der Waals surface area (Å²) in [7, 11) is 0. The highest BCUT2D eigenvalue weighted by Gasteiger charge is 2.38. The number of nitrogens with two attached hydrogens (primary N) is 1. The lowest BCUT2D eigenvalue weighted by Crippen LogP contribution is -2.51. The van der Waals surface area contributed by atoms with Gasteiger partial charge in [0.2, 0.25) is 0 Å². The summed E-state index contributed by atoms with van der Waals surface area (Å²) in [5.41, 5.74) is 9.13. The molecule has 2 aliphatic heterocycles. The lowest BCUT2D eigenvalue weighted by Gasteiger charge is -2.43. The molecule has 8 nitrogen and oxygen atoms in total. The van der Waals surface area contributed by atoms with E-state index in [1.54, 1.807) is 0 Å². The summed E-state index contributed by atoms with van der Waals surface area (Å²) in [5.74, 6) is 0.733. The summed E-state index contributed by atoms with van der Waals surface area (Å²) < 4.78 is 7.22. The first kappa shape index (κ1) is 26.0. The van der Waals surface area contributed by atoms with Gasteiger partial charge in [0.1, 0.15) is 5.60 Å². The fourth-order valence-electron chi connectivity index (χ4n) is 5.52. The number of halogens is 1. The van der Waals surface area contributed by atoms with Crippen LogP contribution in [0.1, 0.15) is 55.7 Å². The van der Waals surface area contributed by atoms with E-state index in [4.69, 9.17) is 22.1 Å². The van der Waals surface area contributed by atoms with Crippen molar-refractivity contribution in [2.24, 2.45) is 16.6 Å². The molecule has 2 aromatic carbocycles. The smallest absolute Gasteiger partial charge is 0.405 e. The van der Waals surface area contributed by atoms with Crippen LogP contribution in [0.25, 0.3) is 17.0 Å². The monoisotopic (exact) mass is 563 g/mol. The van der Waals surface area contributed by atoms with Crippen molar-refractivity contribution < 1.29 is 14.3 Å². The topological polar surface area (TPSA) is 103 Å². The van der Waals surface area contributed by atoms with E-state index in [0.717, 1.165) is 39.7 Å². The number of hydrogen-bond donors (Lipinski definition) is 1. The second-order valence-corrected chi connectivity index (χ2v) is 12.6. The van der Waals surface area contributed by atoms with Gasteiger partial charge in [0.05, 0.1) is 23.2 Å². The zero-order valence-electron chi connectivity index (χ0n) is 21.9. The van der Waals surface area contributed by atoms with E-state index < -0.39 is 11.7 Å². The van der Waals surface area contributed by atoms with Crippen LogP contribution in [-0.4, -0.2) is 50.5 Å². The summed E-state index contributed by atoms with van der Waals surface area (Å²) in [5, 5.41) is 7.18. The van der Waals surface area contributed by atoms with Gasteiger partial charge in [-0.2, -0.15) is 10.1 Å². The maximum atomic E-state index is 12.7. The first-order chi connectivity index (χ1) is 18.6. The molecule has 3 aromatic rings. The summed E-state index contributed by atoms with van der Waals surface area (Å²) in [6.07, 6.45) is 6.15. The number of carbonyl (C=O) groups is 2. The Morgan fingerprint density at radius 2 is 2.03 bits per heavy atom. The summed E-state index contributed by atoms with van der Waals surface area (Å²) in [6.45, 7) is 5.94. The van der Waals surface area contributed by atoms with Crippen molar-refractivity contribution in [1.82, 2.24) is 14.7 Å². The molecule has 0 radical (unpaired) electrons. The zero-order chi connectivity index (χ0) is 27.3. The number of carbonyl (C=O) groups excluding carboxylic acids is 2. The van der Waals surface area contributed by atoms with Crippen molar-refractivity contribution in [2.45, 2.75) is 51.2 Å². The summed E-state index contributed by atoms with van der Waals surface area (Å²) >= 11 is 7.66. The maximum absolute atomic E-state index is 12.7. The van der Waals surface area contributed by atoms with E-state index >= 15 is 0 Å². The van der Waals surface area contributed by atoms with Crippen molar-refractivity contribution in [2.75, 3.05) is 13.1 Å². The van der Waals surface area contributed by atoms with Crippen LogP contribution in [0.5, 0.6) is 0 Å². The number of ether oxygens (including phenoxy) is 1. The van der Waals surface area contributed by atoms with Crippen LogP contribution in [0.2, 0.25) is 5.02 Å². The molecule has 202 valence electrons. The third-order valence-corrected chi connectivity index (χ3v) is 8.68. The molecular weight excluding hydrogens is 534 g/mol. The van der Waals surface area contributed by atoms with Gasteiger partial charge in [-0.05, 0) is 104 Å². The Kier molecular flexibility index (Phi) is 6.67. The van der Waals surface area contributed by atoms with E-state index in [1.165, 1.54) is 35.7 Å². The SMILES string of the molecule is CC(C)(CC1CN(C2=NC(=O)C(=Cc3ccc4c(cnn4Cc4ccc(Cl)cc4C4CC4)c3)S2)C1)OC(N)=O. The highest BCUT2D eigenvalue weighted by atomic mass is 35.5. The minimum absolute atomic E-state index is 0.220. The number of rotatable bonds is 7. The van der Waals surface area contributed by atoms with Gasteiger partial charge in [0.15, 0.2) is 5.17 Å². The number of likely N-dealkylation sites (tertiary alicyclic amines) is 1. The Morgan fingerprint density at radius 1 is 1.23 bits per heavy atom. The van der Waals surface area contributed by atoms with Gasteiger partial charge >= 0.3 is 6.09 Å². The Labute approximate surface area is 236 Å². The third-order valence-electron chi connectivity index (χ3n) is 7.40. The molecule has 2 amide bonds. The first-order valence-corrected chi connectivity index (χ1v) is 14.3. The number of thioether (sulfide) groups is 1. The Balaban J connectivity index is 1.11. The molecule has 1 aromatic heterocycles. The minimum atomic E-state index is -0.762. The normalized spacial score (nSPS) is 19.1. The number of benzene rings is 2. The molecule has 0 unspecified atom stereocenters. The van der Waals surface area contributed by atoms with Gasteiger partial charge in [0, 0.05) is 23.5 Å². The van der Waals surface area contributed by atoms with Crippen LogP contribution in [0.15, 0.2) is 52.5 Å². The van der Waals surface area contributed by atoms with Gasteiger partial charge < -0.3 is 15.4 Å². The highest BCUT2D eigenvalue weighted by Crippen LogP contribution is 2.43. The number of primary amides is 1. The predicted molar refractivity (Wildman–Crippen MR) is 155 cm³/mol. The average Bonchev–Trinajstić information content (AvgIpc) is 3.53. The molecule has 3 aliphatic rings. The quantitative estimate of drug-likeness (QED) is 0.365. The number of nitrogens with zero attached hydrogens (tertiary/aromatic N) is 4. The number of hydrogen-bond acceptors (Lipinski definition) is 6. The molecule has 1 saturated carbocycles. The molecule has 2 fully saturated rings. The maximum Gasteiger partial charge on any atom is 0.405 e. The van der Waals surface area contributed by atoms with E-state index in [0.29, 0.717) is 29.7 Å². The molecule has 3 heterocycles. The second kappa shape index (κ2) is 10.0. The predicted octanol–water partition coefficient (Wildman–Crippen LogP) is 5.78. The average molecular weight is 564 g/mol. The van der Waals surface area contributed by atoms with E-state index in [-0.39, 0.29) is 5.91 Å². The fourth-order valence-corrected chi connectivity index (χ4v) is 6.63. The third kappa shape index (κ3) is 5.70. The van der Waals surface area contributed by atoms with Gasteiger partial charge in [-0.1, -0.05) is 23.7 Å². The molecule has 1 saturated heterocycles. The number of aliphatic imine (C=N–C) groups is 1. The highest BCUT2D eigenvalue weighted by molar-refractivity contribution is 8.18. The Bertz CT molecular complexity index is 1530. The van der Waals surface area contributed by atoms with E-state index in [9.17, 15) is 9.59 Å². The van der Waals surface area contributed by atoms with Crippen LogP contribution in [0, 0.1) is 5.92 Å². The Hall–Kier alpha value is -3.30. The number of fused-ring (bicyclic) bond motifs is 1. The van der Waals surface area contributed by atoms with Crippen molar-refractivity contribution in [3.63, 3.8) is 0 Å². The lowest BCUT2D eigenvalue weighted by atomic mass is 9.88. The molecule has 0 spiro atoms. The molecule has 0 atom stereocenters. The van der Waals surface area contributed by atoms with Crippen molar-refractivity contribution in [3.05, 3.63) is 69.2 Å².